The normalized spacial score (nSPS) is 12.3. The third-order valence-corrected chi connectivity index (χ3v) is 6.22. The smallest absolute Gasteiger partial charge is 0.233 e. The molecule has 2 heterocycles. The van der Waals surface area contributed by atoms with Crippen LogP contribution in [0.1, 0.15) is 19.8 Å². The highest BCUT2D eigenvalue weighted by atomic mass is 32.2. The first-order valence-electron chi connectivity index (χ1n) is 10.4. The van der Waals surface area contributed by atoms with Crippen LogP contribution in [0.25, 0.3) is 27.9 Å². The second-order valence-corrected chi connectivity index (χ2v) is 8.27. The first-order chi connectivity index (χ1) is 15.2. The number of methoxy groups -OCH3 is 1. The number of amides is 1. The second kappa shape index (κ2) is 9.89. The molecule has 0 unspecified atom stereocenters. The van der Waals surface area contributed by atoms with Crippen LogP contribution < -0.4 is 5.32 Å². The molecule has 4 aromatic rings. The van der Waals surface area contributed by atoms with Crippen LogP contribution in [0.4, 0.5) is 0 Å². The van der Waals surface area contributed by atoms with Gasteiger partial charge in [-0.15, -0.1) is 5.10 Å². The lowest BCUT2D eigenvalue weighted by Gasteiger charge is -2.15. The molecule has 0 aliphatic rings. The van der Waals surface area contributed by atoms with Gasteiger partial charge >= 0.3 is 0 Å². The zero-order valence-corrected chi connectivity index (χ0v) is 18.4. The standard InChI is InChI=1S/C23H25N5O2S/c1-3-19(22(29)24-14-9-15-30-2)31-23-25-18-13-8-7-12-17(18)21-26-20(27-28(21)23)16-10-5-4-6-11-16/h4-8,10-13,19H,3,9,14-15H2,1-2H3,(H,24,29)/t19-/m1/s1. The van der Waals surface area contributed by atoms with Gasteiger partial charge in [-0.2, -0.15) is 4.52 Å². The third kappa shape index (κ3) is 4.70. The minimum Gasteiger partial charge on any atom is -0.385 e. The molecule has 8 heteroatoms. The van der Waals surface area contributed by atoms with E-state index in [0.717, 1.165) is 28.5 Å². The summed E-state index contributed by atoms with van der Waals surface area (Å²) >= 11 is 1.42. The maximum Gasteiger partial charge on any atom is 0.233 e. The van der Waals surface area contributed by atoms with Crippen molar-refractivity contribution in [3.63, 3.8) is 0 Å². The summed E-state index contributed by atoms with van der Waals surface area (Å²) in [6, 6.07) is 17.7. The molecule has 0 saturated carbocycles. The molecule has 0 fully saturated rings. The highest BCUT2D eigenvalue weighted by molar-refractivity contribution is 8.00. The van der Waals surface area contributed by atoms with E-state index >= 15 is 0 Å². The van der Waals surface area contributed by atoms with Gasteiger partial charge in [0.15, 0.2) is 16.6 Å². The molecule has 2 aromatic heterocycles. The second-order valence-electron chi connectivity index (χ2n) is 7.10. The number of carbonyl (C=O) groups is 1. The molecular formula is C23H25N5O2S. The first kappa shape index (κ1) is 21.3. The first-order valence-corrected chi connectivity index (χ1v) is 11.2. The molecule has 31 heavy (non-hydrogen) atoms. The van der Waals surface area contributed by atoms with Gasteiger partial charge in [0.2, 0.25) is 5.91 Å². The van der Waals surface area contributed by atoms with Crippen molar-refractivity contribution in [3.8, 4) is 11.4 Å². The van der Waals surface area contributed by atoms with Crippen LogP contribution >= 0.6 is 11.8 Å². The molecule has 2 aromatic carbocycles. The molecule has 160 valence electrons. The van der Waals surface area contributed by atoms with Gasteiger partial charge in [-0.3, -0.25) is 4.79 Å². The predicted molar refractivity (Wildman–Crippen MR) is 123 cm³/mol. The molecule has 1 N–H and O–H groups in total. The van der Waals surface area contributed by atoms with E-state index in [1.54, 1.807) is 11.6 Å². The zero-order chi connectivity index (χ0) is 21.6. The Morgan fingerprint density at radius 1 is 1.13 bits per heavy atom. The van der Waals surface area contributed by atoms with Crippen LogP contribution in [0.5, 0.6) is 0 Å². The van der Waals surface area contributed by atoms with E-state index in [9.17, 15) is 4.79 Å². The van der Waals surface area contributed by atoms with Gasteiger partial charge in [-0.25, -0.2) is 9.97 Å². The predicted octanol–water partition coefficient (Wildman–Crippen LogP) is 3.97. The Kier molecular flexibility index (Phi) is 6.79. The van der Waals surface area contributed by atoms with Crippen molar-refractivity contribution in [1.82, 2.24) is 24.9 Å². The molecule has 0 radical (unpaired) electrons. The summed E-state index contributed by atoms with van der Waals surface area (Å²) in [5.74, 6) is 0.632. The van der Waals surface area contributed by atoms with Crippen LogP contribution in [-0.2, 0) is 9.53 Å². The average molecular weight is 436 g/mol. The number of para-hydroxylation sites is 1. The van der Waals surface area contributed by atoms with Gasteiger partial charge in [-0.05, 0) is 25.0 Å². The van der Waals surface area contributed by atoms with Crippen LogP contribution in [0.3, 0.4) is 0 Å². The van der Waals surface area contributed by atoms with Crippen molar-refractivity contribution < 1.29 is 9.53 Å². The molecule has 0 aliphatic heterocycles. The van der Waals surface area contributed by atoms with E-state index in [-0.39, 0.29) is 11.2 Å². The van der Waals surface area contributed by atoms with Crippen LogP contribution in [0.15, 0.2) is 59.8 Å². The number of carbonyl (C=O) groups excluding carboxylic acids is 1. The fourth-order valence-corrected chi connectivity index (χ4v) is 4.30. The number of nitrogens with zero attached hydrogens (tertiary/aromatic N) is 4. The third-order valence-electron chi connectivity index (χ3n) is 4.92. The number of benzene rings is 2. The molecule has 0 bridgehead atoms. The summed E-state index contributed by atoms with van der Waals surface area (Å²) in [7, 11) is 1.66. The van der Waals surface area contributed by atoms with E-state index in [2.05, 4.69) is 5.32 Å². The lowest BCUT2D eigenvalue weighted by molar-refractivity contribution is -0.120. The summed E-state index contributed by atoms with van der Waals surface area (Å²) in [5, 5.41) is 9.04. The Labute approximate surface area is 185 Å². The topological polar surface area (TPSA) is 81.4 Å². The molecule has 1 atom stereocenters. The summed E-state index contributed by atoms with van der Waals surface area (Å²) in [6.07, 6.45) is 1.46. The number of thioether (sulfide) groups is 1. The van der Waals surface area contributed by atoms with Gasteiger partial charge in [0.05, 0.1) is 10.8 Å². The van der Waals surface area contributed by atoms with E-state index in [0.29, 0.717) is 30.6 Å². The van der Waals surface area contributed by atoms with Crippen LogP contribution in [0, 0.1) is 0 Å². The highest BCUT2D eigenvalue weighted by Gasteiger charge is 2.22. The average Bonchev–Trinajstić information content (AvgIpc) is 3.27. The van der Waals surface area contributed by atoms with Gasteiger partial charge in [-0.1, -0.05) is 61.2 Å². The zero-order valence-electron chi connectivity index (χ0n) is 17.6. The number of rotatable bonds is 9. The molecule has 0 spiro atoms. The van der Waals surface area contributed by atoms with Gasteiger partial charge in [0.25, 0.3) is 0 Å². The van der Waals surface area contributed by atoms with Crippen LogP contribution in [-0.4, -0.2) is 51.0 Å². The molecule has 4 rings (SSSR count). The van der Waals surface area contributed by atoms with Gasteiger partial charge in [0.1, 0.15) is 0 Å². The molecule has 7 nitrogen and oxygen atoms in total. The van der Waals surface area contributed by atoms with E-state index in [4.69, 9.17) is 19.8 Å². The number of nitrogens with one attached hydrogen (secondary N) is 1. The number of aromatic nitrogens is 4. The van der Waals surface area contributed by atoms with Crippen LogP contribution in [0.2, 0.25) is 0 Å². The Morgan fingerprint density at radius 2 is 1.90 bits per heavy atom. The minimum atomic E-state index is -0.274. The maximum atomic E-state index is 12.7. The summed E-state index contributed by atoms with van der Waals surface area (Å²) < 4.78 is 6.81. The lowest BCUT2D eigenvalue weighted by Crippen LogP contribution is -2.33. The monoisotopic (exact) mass is 435 g/mol. The molecule has 0 aliphatic carbocycles. The van der Waals surface area contributed by atoms with Gasteiger partial charge in [0, 0.05) is 31.2 Å². The quantitative estimate of drug-likeness (QED) is 0.243. The summed E-state index contributed by atoms with van der Waals surface area (Å²) in [4.78, 5) is 22.3. The van der Waals surface area contributed by atoms with E-state index in [1.807, 2.05) is 61.5 Å². The van der Waals surface area contributed by atoms with Crippen molar-refractivity contribution in [2.24, 2.45) is 0 Å². The maximum absolute atomic E-state index is 12.7. The molecular weight excluding hydrogens is 410 g/mol. The summed E-state index contributed by atoms with van der Waals surface area (Å²) in [5.41, 5.74) is 2.51. The number of hydrogen-bond donors (Lipinski definition) is 1. The Balaban J connectivity index is 1.70. The Hall–Kier alpha value is -2.97. The van der Waals surface area contributed by atoms with Crippen molar-refractivity contribution in [1.29, 1.82) is 0 Å². The molecule has 1 amide bonds. The lowest BCUT2D eigenvalue weighted by atomic mass is 10.2. The van der Waals surface area contributed by atoms with Crippen molar-refractivity contribution in [2.45, 2.75) is 30.2 Å². The largest absolute Gasteiger partial charge is 0.385 e. The Morgan fingerprint density at radius 3 is 2.68 bits per heavy atom. The van der Waals surface area contributed by atoms with Gasteiger partial charge < -0.3 is 10.1 Å². The number of hydrogen-bond acceptors (Lipinski definition) is 6. The fraction of sp³-hybridized carbons (Fsp3) is 0.304. The number of fused-ring (bicyclic) bond motifs is 3. The van der Waals surface area contributed by atoms with Crippen molar-refractivity contribution >= 4 is 34.2 Å². The van der Waals surface area contributed by atoms with E-state index in [1.165, 1.54) is 11.8 Å². The molecule has 0 saturated heterocycles. The summed E-state index contributed by atoms with van der Waals surface area (Å²) in [6.45, 7) is 3.21. The van der Waals surface area contributed by atoms with E-state index < -0.39 is 0 Å². The fourth-order valence-electron chi connectivity index (χ4n) is 3.31. The Bertz CT molecular complexity index is 1180. The minimum absolute atomic E-state index is 0.00453. The highest BCUT2D eigenvalue weighted by Crippen LogP contribution is 2.29. The van der Waals surface area contributed by atoms with Crippen molar-refractivity contribution in [3.05, 3.63) is 54.6 Å². The number of ether oxygens (including phenoxy) is 1. The SMILES string of the molecule is CC[C@@H](Sc1nc2ccccc2c2nc(-c3ccccc3)nn12)C(=O)NCCCOC. The van der Waals surface area contributed by atoms with Crippen molar-refractivity contribution in [2.75, 3.05) is 20.3 Å².